The van der Waals surface area contributed by atoms with Gasteiger partial charge in [0.1, 0.15) is 11.5 Å². The van der Waals surface area contributed by atoms with Gasteiger partial charge in [-0.2, -0.15) is 0 Å². The second-order valence-electron chi connectivity index (χ2n) is 4.37. The lowest BCUT2D eigenvalue weighted by atomic mass is 10.1. The zero-order valence-corrected chi connectivity index (χ0v) is 10.2. The van der Waals surface area contributed by atoms with E-state index in [0.29, 0.717) is 11.3 Å². The number of fused-ring (bicyclic) bond motifs is 1. The van der Waals surface area contributed by atoms with E-state index in [9.17, 15) is 4.39 Å². The highest BCUT2D eigenvalue weighted by Crippen LogP contribution is 2.24. The number of aliphatic hydroxyl groups excluding tert-OH is 1. The molecule has 0 aliphatic heterocycles. The minimum absolute atomic E-state index is 0.0199. The number of hydrogen-bond donors (Lipinski definition) is 1. The molecule has 3 heteroatoms. The van der Waals surface area contributed by atoms with Crippen molar-refractivity contribution in [3.05, 3.63) is 66.0 Å². The van der Waals surface area contributed by atoms with Crippen molar-refractivity contribution in [3.8, 4) is 11.3 Å². The minimum atomic E-state index is -0.338. The first-order valence-electron chi connectivity index (χ1n) is 6.03. The van der Waals surface area contributed by atoms with E-state index in [0.717, 1.165) is 16.5 Å². The van der Waals surface area contributed by atoms with Crippen molar-refractivity contribution < 1.29 is 9.50 Å². The third-order valence-corrected chi connectivity index (χ3v) is 3.09. The molecular formula is C16H12FNO. The van der Waals surface area contributed by atoms with Gasteiger partial charge in [-0.25, -0.2) is 9.37 Å². The summed E-state index contributed by atoms with van der Waals surface area (Å²) in [6.45, 7) is -0.0199. The SMILES string of the molecule is OCc1ccc(-c2nc3ccccc3cc2F)cc1. The van der Waals surface area contributed by atoms with Crippen LogP contribution in [0.3, 0.4) is 0 Å². The Morgan fingerprint density at radius 2 is 1.74 bits per heavy atom. The summed E-state index contributed by atoms with van der Waals surface area (Å²) in [6, 6.07) is 16.0. The molecule has 0 spiro atoms. The summed E-state index contributed by atoms with van der Waals surface area (Å²) in [7, 11) is 0. The fraction of sp³-hybridized carbons (Fsp3) is 0.0625. The molecule has 3 rings (SSSR count). The van der Waals surface area contributed by atoms with Crippen LogP contribution in [0.4, 0.5) is 4.39 Å². The fourth-order valence-electron chi connectivity index (χ4n) is 2.06. The average Bonchev–Trinajstić information content (AvgIpc) is 2.47. The number of aliphatic hydroxyl groups is 1. The molecule has 0 radical (unpaired) electrons. The molecule has 0 amide bonds. The van der Waals surface area contributed by atoms with Gasteiger partial charge in [-0.3, -0.25) is 0 Å². The van der Waals surface area contributed by atoms with Crippen LogP contribution in [0.2, 0.25) is 0 Å². The van der Waals surface area contributed by atoms with E-state index in [2.05, 4.69) is 4.98 Å². The maximum Gasteiger partial charge on any atom is 0.150 e. The van der Waals surface area contributed by atoms with E-state index in [1.54, 1.807) is 24.3 Å². The largest absolute Gasteiger partial charge is 0.392 e. The number of hydrogen-bond acceptors (Lipinski definition) is 2. The molecule has 19 heavy (non-hydrogen) atoms. The monoisotopic (exact) mass is 253 g/mol. The van der Waals surface area contributed by atoms with E-state index in [-0.39, 0.29) is 12.4 Å². The van der Waals surface area contributed by atoms with Gasteiger partial charge in [0, 0.05) is 10.9 Å². The number of halogens is 1. The van der Waals surface area contributed by atoms with Gasteiger partial charge in [0.25, 0.3) is 0 Å². The molecule has 0 bridgehead atoms. The highest BCUT2D eigenvalue weighted by molar-refractivity contribution is 5.81. The molecule has 0 atom stereocenters. The molecule has 1 N–H and O–H groups in total. The van der Waals surface area contributed by atoms with Crippen molar-refractivity contribution in [3.63, 3.8) is 0 Å². The van der Waals surface area contributed by atoms with E-state index in [4.69, 9.17) is 5.11 Å². The smallest absolute Gasteiger partial charge is 0.150 e. The van der Waals surface area contributed by atoms with Crippen molar-refractivity contribution >= 4 is 10.9 Å². The van der Waals surface area contributed by atoms with E-state index < -0.39 is 0 Å². The molecule has 1 aromatic heterocycles. The standard InChI is InChI=1S/C16H12FNO/c17-14-9-13-3-1-2-4-15(13)18-16(14)12-7-5-11(10-19)6-8-12/h1-9,19H,10H2. The molecule has 2 aromatic carbocycles. The number of rotatable bonds is 2. The molecular weight excluding hydrogens is 241 g/mol. The van der Waals surface area contributed by atoms with Gasteiger partial charge in [-0.1, -0.05) is 42.5 Å². The van der Waals surface area contributed by atoms with Gasteiger partial charge >= 0.3 is 0 Å². The van der Waals surface area contributed by atoms with Crippen LogP contribution in [0.15, 0.2) is 54.6 Å². The topological polar surface area (TPSA) is 33.1 Å². The minimum Gasteiger partial charge on any atom is -0.392 e. The summed E-state index contributed by atoms with van der Waals surface area (Å²) in [5, 5.41) is 9.79. The van der Waals surface area contributed by atoms with Crippen LogP contribution in [-0.4, -0.2) is 10.1 Å². The van der Waals surface area contributed by atoms with E-state index in [1.807, 2.05) is 24.3 Å². The van der Waals surface area contributed by atoms with Crippen LogP contribution in [0.25, 0.3) is 22.2 Å². The highest BCUT2D eigenvalue weighted by Gasteiger charge is 2.08. The Morgan fingerprint density at radius 1 is 1.00 bits per heavy atom. The number of nitrogens with zero attached hydrogens (tertiary/aromatic N) is 1. The van der Waals surface area contributed by atoms with Crippen molar-refractivity contribution in [1.29, 1.82) is 0 Å². The second kappa shape index (κ2) is 4.78. The number of benzene rings is 2. The van der Waals surface area contributed by atoms with Crippen LogP contribution in [0.5, 0.6) is 0 Å². The molecule has 0 saturated carbocycles. The van der Waals surface area contributed by atoms with Crippen molar-refractivity contribution in [2.24, 2.45) is 0 Å². The number of pyridine rings is 1. The van der Waals surface area contributed by atoms with Crippen LogP contribution in [0, 0.1) is 5.82 Å². The van der Waals surface area contributed by atoms with Crippen molar-refractivity contribution in [1.82, 2.24) is 4.98 Å². The number of para-hydroxylation sites is 1. The predicted octanol–water partition coefficient (Wildman–Crippen LogP) is 3.53. The Kier molecular flexibility index (Phi) is 2.97. The molecule has 3 aromatic rings. The third kappa shape index (κ3) is 2.20. The highest BCUT2D eigenvalue weighted by atomic mass is 19.1. The first-order valence-corrected chi connectivity index (χ1v) is 6.03. The van der Waals surface area contributed by atoms with Gasteiger partial charge in [0.05, 0.1) is 12.1 Å². The van der Waals surface area contributed by atoms with Crippen molar-refractivity contribution in [2.75, 3.05) is 0 Å². The summed E-state index contributed by atoms with van der Waals surface area (Å²) in [5.41, 5.74) is 2.61. The van der Waals surface area contributed by atoms with Crippen LogP contribution in [0.1, 0.15) is 5.56 Å². The Morgan fingerprint density at radius 3 is 2.47 bits per heavy atom. The molecule has 0 saturated heterocycles. The van der Waals surface area contributed by atoms with Gasteiger partial charge in [-0.15, -0.1) is 0 Å². The fourth-order valence-corrected chi connectivity index (χ4v) is 2.06. The zero-order valence-electron chi connectivity index (χ0n) is 10.2. The Balaban J connectivity index is 2.15. The normalized spacial score (nSPS) is 10.8. The summed E-state index contributed by atoms with van der Waals surface area (Å²) < 4.78 is 14.1. The molecule has 0 fully saturated rings. The third-order valence-electron chi connectivity index (χ3n) is 3.09. The summed E-state index contributed by atoms with van der Waals surface area (Å²) in [6.07, 6.45) is 0. The predicted molar refractivity (Wildman–Crippen MR) is 73.1 cm³/mol. The maximum atomic E-state index is 14.1. The lowest BCUT2D eigenvalue weighted by Crippen LogP contribution is -1.91. The van der Waals surface area contributed by atoms with Gasteiger partial charge in [0.2, 0.25) is 0 Å². The maximum absolute atomic E-state index is 14.1. The quantitative estimate of drug-likeness (QED) is 0.757. The van der Waals surface area contributed by atoms with E-state index >= 15 is 0 Å². The molecule has 0 aliphatic carbocycles. The molecule has 0 aliphatic rings. The average molecular weight is 253 g/mol. The Bertz CT molecular complexity index is 722. The Labute approximate surface area is 110 Å². The van der Waals surface area contributed by atoms with E-state index in [1.165, 1.54) is 6.07 Å². The van der Waals surface area contributed by atoms with Crippen LogP contribution >= 0.6 is 0 Å². The number of aromatic nitrogens is 1. The Hall–Kier alpha value is -2.26. The van der Waals surface area contributed by atoms with Gasteiger partial charge in [-0.05, 0) is 17.7 Å². The van der Waals surface area contributed by atoms with Gasteiger partial charge < -0.3 is 5.11 Å². The van der Waals surface area contributed by atoms with Gasteiger partial charge in [0.15, 0.2) is 0 Å². The lowest BCUT2D eigenvalue weighted by Gasteiger charge is -2.06. The second-order valence-corrected chi connectivity index (χ2v) is 4.37. The van der Waals surface area contributed by atoms with Crippen LogP contribution < -0.4 is 0 Å². The summed E-state index contributed by atoms with van der Waals surface area (Å²) >= 11 is 0. The van der Waals surface area contributed by atoms with Crippen LogP contribution in [-0.2, 0) is 6.61 Å². The molecule has 2 nitrogen and oxygen atoms in total. The first-order chi connectivity index (χ1) is 9.28. The zero-order chi connectivity index (χ0) is 13.2. The van der Waals surface area contributed by atoms with Crippen molar-refractivity contribution in [2.45, 2.75) is 6.61 Å². The first kappa shape index (κ1) is 11.8. The lowest BCUT2D eigenvalue weighted by molar-refractivity contribution is 0.282. The molecule has 0 unspecified atom stereocenters. The summed E-state index contributed by atoms with van der Waals surface area (Å²) in [4.78, 5) is 4.36. The molecule has 94 valence electrons. The summed E-state index contributed by atoms with van der Waals surface area (Å²) in [5.74, 6) is -0.338. The molecule has 1 heterocycles.